The smallest absolute Gasteiger partial charge is 0.249 e. The Balaban J connectivity index is 2.17. The molecule has 2 aromatic carbocycles. The van der Waals surface area contributed by atoms with E-state index in [0.29, 0.717) is 16.6 Å². The summed E-state index contributed by atoms with van der Waals surface area (Å²) in [4.78, 5) is 11.3. The van der Waals surface area contributed by atoms with Crippen LogP contribution in [-0.4, -0.2) is 5.91 Å². The summed E-state index contributed by atoms with van der Waals surface area (Å²) < 4.78 is 13.9. The van der Waals surface area contributed by atoms with Crippen molar-refractivity contribution < 1.29 is 9.18 Å². The second-order valence-corrected chi connectivity index (χ2v) is 5.30. The van der Waals surface area contributed by atoms with E-state index in [2.05, 4.69) is 21.2 Å². The third-order valence-corrected chi connectivity index (χ3v) is 3.71. The van der Waals surface area contributed by atoms with Crippen LogP contribution < -0.4 is 11.1 Å². The summed E-state index contributed by atoms with van der Waals surface area (Å²) >= 11 is 3.12. The van der Waals surface area contributed by atoms with Crippen LogP contribution in [-0.2, 0) is 6.54 Å². The minimum absolute atomic E-state index is 0.299. The second-order valence-electron chi connectivity index (χ2n) is 4.44. The zero-order chi connectivity index (χ0) is 14.7. The van der Waals surface area contributed by atoms with Gasteiger partial charge in [0.2, 0.25) is 5.91 Å². The van der Waals surface area contributed by atoms with Crippen LogP contribution in [0.25, 0.3) is 0 Å². The molecule has 104 valence electrons. The molecule has 0 bridgehead atoms. The first kappa shape index (κ1) is 14.5. The number of nitrogens with two attached hydrogens (primary N) is 1. The first-order valence-electron chi connectivity index (χ1n) is 6.06. The van der Waals surface area contributed by atoms with Crippen molar-refractivity contribution in [2.24, 2.45) is 5.73 Å². The van der Waals surface area contributed by atoms with Gasteiger partial charge in [-0.25, -0.2) is 4.39 Å². The Morgan fingerprint density at radius 2 is 2.10 bits per heavy atom. The Labute approximate surface area is 125 Å². The fourth-order valence-electron chi connectivity index (χ4n) is 1.94. The standard InChI is InChI=1S/C15H14BrFN2O/c1-9-11(15(18)20)3-2-4-14(9)19-8-10-5-6-12(16)13(17)7-10/h2-7,19H,8H2,1H3,(H2,18,20). The average Bonchev–Trinajstić information content (AvgIpc) is 2.41. The highest BCUT2D eigenvalue weighted by Gasteiger charge is 2.08. The molecule has 0 aliphatic carbocycles. The number of primary amides is 1. The number of hydrogen-bond acceptors (Lipinski definition) is 2. The van der Waals surface area contributed by atoms with Crippen LogP contribution in [0.1, 0.15) is 21.5 Å². The molecule has 0 radical (unpaired) electrons. The Morgan fingerprint density at radius 1 is 1.35 bits per heavy atom. The van der Waals surface area contributed by atoms with Crippen molar-refractivity contribution in [3.05, 3.63) is 63.4 Å². The molecular formula is C15H14BrFN2O. The molecular weight excluding hydrogens is 323 g/mol. The van der Waals surface area contributed by atoms with Gasteiger partial charge in [0.1, 0.15) is 5.82 Å². The first-order valence-corrected chi connectivity index (χ1v) is 6.85. The van der Waals surface area contributed by atoms with Crippen LogP contribution in [0.3, 0.4) is 0 Å². The topological polar surface area (TPSA) is 55.1 Å². The first-order chi connectivity index (χ1) is 9.49. The summed E-state index contributed by atoms with van der Waals surface area (Å²) in [6.45, 7) is 2.29. The van der Waals surface area contributed by atoms with Gasteiger partial charge in [-0.3, -0.25) is 4.79 Å². The third kappa shape index (κ3) is 3.17. The molecule has 0 fully saturated rings. The summed E-state index contributed by atoms with van der Waals surface area (Å²) in [6.07, 6.45) is 0. The van der Waals surface area contributed by atoms with Crippen molar-refractivity contribution >= 4 is 27.5 Å². The third-order valence-electron chi connectivity index (χ3n) is 3.07. The number of halogens is 2. The van der Waals surface area contributed by atoms with Gasteiger partial charge in [-0.15, -0.1) is 0 Å². The summed E-state index contributed by atoms with van der Waals surface area (Å²) in [6, 6.07) is 10.3. The number of rotatable bonds is 4. The predicted octanol–water partition coefficient (Wildman–Crippen LogP) is 3.61. The van der Waals surface area contributed by atoms with Gasteiger partial charge in [-0.1, -0.05) is 12.1 Å². The molecule has 0 aliphatic heterocycles. The van der Waals surface area contributed by atoms with Crippen molar-refractivity contribution in [3.8, 4) is 0 Å². The van der Waals surface area contributed by atoms with E-state index in [-0.39, 0.29) is 5.82 Å². The van der Waals surface area contributed by atoms with Gasteiger partial charge in [0.15, 0.2) is 0 Å². The number of anilines is 1. The number of amides is 1. The molecule has 3 N–H and O–H groups in total. The van der Waals surface area contributed by atoms with Crippen LogP contribution in [0.4, 0.5) is 10.1 Å². The molecule has 0 aliphatic rings. The van der Waals surface area contributed by atoms with E-state index in [9.17, 15) is 9.18 Å². The lowest BCUT2D eigenvalue weighted by Crippen LogP contribution is -2.13. The molecule has 0 aromatic heterocycles. The van der Waals surface area contributed by atoms with Gasteiger partial charge in [-0.05, 0) is 58.2 Å². The van der Waals surface area contributed by atoms with Crippen LogP contribution in [0.5, 0.6) is 0 Å². The highest BCUT2D eigenvalue weighted by molar-refractivity contribution is 9.10. The molecule has 0 saturated heterocycles. The van der Waals surface area contributed by atoms with Crippen molar-refractivity contribution in [1.82, 2.24) is 0 Å². The zero-order valence-corrected chi connectivity index (χ0v) is 12.5. The lowest BCUT2D eigenvalue weighted by atomic mass is 10.1. The van der Waals surface area contributed by atoms with Crippen LogP contribution in [0, 0.1) is 12.7 Å². The molecule has 2 aromatic rings. The average molecular weight is 337 g/mol. The minimum atomic E-state index is -0.458. The lowest BCUT2D eigenvalue weighted by molar-refractivity contribution is 0.1000. The van der Waals surface area contributed by atoms with E-state index in [1.54, 1.807) is 18.2 Å². The number of hydrogen-bond donors (Lipinski definition) is 2. The summed E-state index contributed by atoms with van der Waals surface area (Å²) in [7, 11) is 0. The predicted molar refractivity (Wildman–Crippen MR) is 81.1 cm³/mol. The van der Waals surface area contributed by atoms with Gasteiger partial charge in [-0.2, -0.15) is 0 Å². The largest absolute Gasteiger partial charge is 0.381 e. The molecule has 3 nitrogen and oxygen atoms in total. The number of carbonyl (C=O) groups excluding carboxylic acids is 1. The van der Waals surface area contributed by atoms with Crippen molar-refractivity contribution in [3.63, 3.8) is 0 Å². The van der Waals surface area contributed by atoms with Gasteiger partial charge < -0.3 is 11.1 Å². The van der Waals surface area contributed by atoms with E-state index in [1.807, 2.05) is 19.1 Å². The molecule has 0 unspecified atom stereocenters. The Hall–Kier alpha value is -1.88. The fraction of sp³-hybridized carbons (Fsp3) is 0.133. The minimum Gasteiger partial charge on any atom is -0.381 e. The van der Waals surface area contributed by atoms with E-state index in [0.717, 1.165) is 16.8 Å². The fourth-order valence-corrected chi connectivity index (χ4v) is 2.19. The van der Waals surface area contributed by atoms with E-state index >= 15 is 0 Å². The van der Waals surface area contributed by atoms with Crippen molar-refractivity contribution in [1.29, 1.82) is 0 Å². The van der Waals surface area contributed by atoms with E-state index < -0.39 is 5.91 Å². The summed E-state index contributed by atoms with van der Waals surface area (Å²) in [5.41, 5.74) is 8.20. The Morgan fingerprint density at radius 3 is 2.75 bits per heavy atom. The van der Waals surface area contributed by atoms with Crippen LogP contribution in [0.15, 0.2) is 40.9 Å². The van der Waals surface area contributed by atoms with Crippen molar-refractivity contribution in [2.75, 3.05) is 5.32 Å². The summed E-state index contributed by atoms with van der Waals surface area (Å²) in [5.74, 6) is -0.757. The lowest BCUT2D eigenvalue weighted by Gasteiger charge is -2.12. The maximum Gasteiger partial charge on any atom is 0.249 e. The molecule has 0 atom stereocenters. The van der Waals surface area contributed by atoms with Gasteiger partial charge in [0.05, 0.1) is 4.47 Å². The normalized spacial score (nSPS) is 10.3. The Kier molecular flexibility index (Phi) is 4.39. The second kappa shape index (κ2) is 6.05. The highest BCUT2D eigenvalue weighted by Crippen LogP contribution is 2.21. The molecule has 0 heterocycles. The maximum absolute atomic E-state index is 13.4. The van der Waals surface area contributed by atoms with Gasteiger partial charge >= 0.3 is 0 Å². The van der Waals surface area contributed by atoms with E-state index in [4.69, 9.17) is 5.73 Å². The van der Waals surface area contributed by atoms with E-state index in [1.165, 1.54) is 6.07 Å². The molecule has 1 amide bonds. The van der Waals surface area contributed by atoms with Crippen LogP contribution >= 0.6 is 15.9 Å². The number of benzene rings is 2. The Bertz CT molecular complexity index is 658. The van der Waals surface area contributed by atoms with Crippen LogP contribution in [0.2, 0.25) is 0 Å². The molecule has 0 spiro atoms. The molecule has 5 heteroatoms. The van der Waals surface area contributed by atoms with Gasteiger partial charge in [0.25, 0.3) is 0 Å². The summed E-state index contributed by atoms with van der Waals surface area (Å²) in [5, 5.41) is 3.18. The highest BCUT2D eigenvalue weighted by atomic mass is 79.9. The monoisotopic (exact) mass is 336 g/mol. The quantitative estimate of drug-likeness (QED) is 0.896. The molecule has 2 rings (SSSR count). The SMILES string of the molecule is Cc1c(NCc2ccc(Br)c(F)c2)cccc1C(N)=O. The van der Waals surface area contributed by atoms with Crippen molar-refractivity contribution in [2.45, 2.75) is 13.5 Å². The zero-order valence-electron chi connectivity index (χ0n) is 10.9. The maximum atomic E-state index is 13.4. The molecule has 20 heavy (non-hydrogen) atoms. The number of carbonyl (C=O) groups is 1. The van der Waals surface area contributed by atoms with Gasteiger partial charge in [0, 0.05) is 17.8 Å². The molecule has 0 saturated carbocycles. The number of nitrogens with one attached hydrogen (secondary N) is 1.